The van der Waals surface area contributed by atoms with Crippen molar-refractivity contribution in [3.8, 4) is 0 Å². The number of thioether (sulfide) groups is 1. The smallest absolute Gasteiger partial charge is 0.0205 e. The number of nitrogens with one attached hydrogen (secondary N) is 1. The quantitative estimate of drug-likeness (QED) is 0.779. The zero-order valence-electron chi connectivity index (χ0n) is 11.5. The highest BCUT2D eigenvalue weighted by Crippen LogP contribution is 2.33. The Bertz CT molecular complexity index is 343. The Morgan fingerprint density at radius 1 is 1.17 bits per heavy atom. The standard InChI is InChI=1S/C16H25NS/c1-2-17-13-14-8-7-11-16(12-14)18-15-9-5-3-4-6-10-15/h7-8,11-12,15,17H,2-6,9-10,13H2,1H3. The molecule has 1 saturated carbocycles. The molecule has 2 rings (SSSR count). The normalized spacial score (nSPS) is 17.6. The molecule has 0 spiro atoms. The first kappa shape index (κ1) is 14.0. The third-order valence-corrected chi connectivity index (χ3v) is 4.91. The first-order valence-corrected chi connectivity index (χ1v) is 8.23. The van der Waals surface area contributed by atoms with E-state index >= 15 is 0 Å². The zero-order chi connectivity index (χ0) is 12.6. The van der Waals surface area contributed by atoms with Crippen molar-refractivity contribution >= 4 is 11.8 Å². The van der Waals surface area contributed by atoms with E-state index in [1.807, 2.05) is 0 Å². The van der Waals surface area contributed by atoms with E-state index in [9.17, 15) is 0 Å². The molecule has 0 unspecified atom stereocenters. The molecule has 1 aromatic carbocycles. The van der Waals surface area contributed by atoms with Crippen LogP contribution in [0.2, 0.25) is 0 Å². The molecule has 1 N–H and O–H groups in total. The molecule has 0 saturated heterocycles. The predicted molar refractivity (Wildman–Crippen MR) is 81.2 cm³/mol. The van der Waals surface area contributed by atoms with Crippen LogP contribution in [0.4, 0.5) is 0 Å². The maximum atomic E-state index is 3.40. The number of rotatable bonds is 5. The van der Waals surface area contributed by atoms with Crippen LogP contribution in [-0.4, -0.2) is 11.8 Å². The van der Waals surface area contributed by atoms with Crippen molar-refractivity contribution in [2.24, 2.45) is 0 Å². The number of hydrogen-bond donors (Lipinski definition) is 1. The van der Waals surface area contributed by atoms with Gasteiger partial charge in [-0.3, -0.25) is 0 Å². The largest absolute Gasteiger partial charge is 0.313 e. The molecule has 1 aromatic rings. The summed E-state index contributed by atoms with van der Waals surface area (Å²) in [6.45, 7) is 4.19. The molecule has 100 valence electrons. The second-order valence-corrected chi connectivity index (χ2v) is 6.53. The van der Waals surface area contributed by atoms with Crippen LogP contribution in [0.25, 0.3) is 0 Å². The summed E-state index contributed by atoms with van der Waals surface area (Å²) < 4.78 is 0. The topological polar surface area (TPSA) is 12.0 Å². The zero-order valence-corrected chi connectivity index (χ0v) is 12.3. The van der Waals surface area contributed by atoms with Crippen LogP contribution >= 0.6 is 11.8 Å². The van der Waals surface area contributed by atoms with Crippen LogP contribution in [0.3, 0.4) is 0 Å². The Morgan fingerprint density at radius 3 is 2.67 bits per heavy atom. The Kier molecular flexibility index (Phi) is 6.09. The van der Waals surface area contributed by atoms with Gasteiger partial charge in [0.05, 0.1) is 0 Å². The number of hydrogen-bond acceptors (Lipinski definition) is 2. The molecule has 18 heavy (non-hydrogen) atoms. The highest BCUT2D eigenvalue weighted by atomic mass is 32.2. The summed E-state index contributed by atoms with van der Waals surface area (Å²) in [6, 6.07) is 9.05. The summed E-state index contributed by atoms with van der Waals surface area (Å²) >= 11 is 2.10. The van der Waals surface area contributed by atoms with E-state index in [0.29, 0.717) is 0 Å². The highest BCUT2D eigenvalue weighted by Gasteiger charge is 2.13. The fraction of sp³-hybridized carbons (Fsp3) is 0.625. The first-order valence-electron chi connectivity index (χ1n) is 7.35. The maximum Gasteiger partial charge on any atom is 0.0205 e. The Morgan fingerprint density at radius 2 is 1.94 bits per heavy atom. The van der Waals surface area contributed by atoms with Gasteiger partial charge >= 0.3 is 0 Å². The van der Waals surface area contributed by atoms with Crippen molar-refractivity contribution in [2.75, 3.05) is 6.54 Å². The van der Waals surface area contributed by atoms with Crippen LogP contribution in [0.1, 0.15) is 51.0 Å². The van der Waals surface area contributed by atoms with Gasteiger partial charge in [0.1, 0.15) is 0 Å². The average molecular weight is 263 g/mol. The van der Waals surface area contributed by atoms with E-state index in [1.165, 1.54) is 49.0 Å². The van der Waals surface area contributed by atoms with Gasteiger partial charge in [-0.1, -0.05) is 44.7 Å². The lowest BCUT2D eigenvalue weighted by molar-refractivity contribution is 0.702. The van der Waals surface area contributed by atoms with E-state index in [0.717, 1.165) is 18.3 Å². The van der Waals surface area contributed by atoms with Gasteiger partial charge in [-0.15, -0.1) is 11.8 Å². The van der Waals surface area contributed by atoms with Crippen molar-refractivity contribution in [2.45, 2.75) is 62.1 Å². The van der Waals surface area contributed by atoms with E-state index in [4.69, 9.17) is 0 Å². The molecule has 2 heteroatoms. The van der Waals surface area contributed by atoms with Gasteiger partial charge in [0.25, 0.3) is 0 Å². The molecule has 1 aliphatic rings. The summed E-state index contributed by atoms with van der Waals surface area (Å²) in [4.78, 5) is 1.46. The van der Waals surface area contributed by atoms with Crippen LogP contribution in [0.15, 0.2) is 29.2 Å². The molecule has 0 aliphatic heterocycles. The molecule has 0 aromatic heterocycles. The van der Waals surface area contributed by atoms with Gasteiger partial charge in [0.2, 0.25) is 0 Å². The van der Waals surface area contributed by atoms with Crippen molar-refractivity contribution in [1.29, 1.82) is 0 Å². The summed E-state index contributed by atoms with van der Waals surface area (Å²) in [5.41, 5.74) is 1.41. The fourth-order valence-electron chi connectivity index (χ4n) is 2.55. The fourth-order valence-corrected chi connectivity index (χ4v) is 3.88. The molecule has 0 amide bonds. The van der Waals surface area contributed by atoms with E-state index in [1.54, 1.807) is 0 Å². The molecule has 0 heterocycles. The van der Waals surface area contributed by atoms with Crippen molar-refractivity contribution < 1.29 is 0 Å². The summed E-state index contributed by atoms with van der Waals surface area (Å²) in [6.07, 6.45) is 8.54. The van der Waals surface area contributed by atoms with Crippen LogP contribution in [-0.2, 0) is 6.54 Å². The van der Waals surface area contributed by atoms with Gasteiger partial charge < -0.3 is 5.32 Å². The first-order chi connectivity index (χ1) is 8.88. The number of benzene rings is 1. The molecular weight excluding hydrogens is 238 g/mol. The highest BCUT2D eigenvalue weighted by molar-refractivity contribution is 8.00. The minimum Gasteiger partial charge on any atom is -0.313 e. The summed E-state index contributed by atoms with van der Waals surface area (Å²) in [7, 11) is 0. The summed E-state index contributed by atoms with van der Waals surface area (Å²) in [5, 5.41) is 4.25. The van der Waals surface area contributed by atoms with Crippen molar-refractivity contribution in [3.63, 3.8) is 0 Å². The lowest BCUT2D eigenvalue weighted by Gasteiger charge is -2.14. The monoisotopic (exact) mass is 263 g/mol. The maximum absolute atomic E-state index is 3.40. The van der Waals surface area contributed by atoms with Crippen molar-refractivity contribution in [1.82, 2.24) is 5.32 Å². The molecule has 0 atom stereocenters. The Hall–Kier alpha value is -0.470. The van der Waals surface area contributed by atoms with Crippen LogP contribution in [0.5, 0.6) is 0 Å². The molecule has 1 fully saturated rings. The Balaban J connectivity index is 1.91. The van der Waals surface area contributed by atoms with E-state index < -0.39 is 0 Å². The molecule has 0 bridgehead atoms. The summed E-state index contributed by atoms with van der Waals surface area (Å²) in [5.74, 6) is 0. The second kappa shape index (κ2) is 7.85. The minimum absolute atomic E-state index is 0.849. The van der Waals surface area contributed by atoms with Gasteiger partial charge in [0, 0.05) is 16.7 Å². The van der Waals surface area contributed by atoms with Gasteiger partial charge in [0.15, 0.2) is 0 Å². The molecule has 1 aliphatic carbocycles. The predicted octanol–water partition coefficient (Wildman–Crippen LogP) is 4.61. The van der Waals surface area contributed by atoms with E-state index in [-0.39, 0.29) is 0 Å². The van der Waals surface area contributed by atoms with Crippen LogP contribution in [0, 0.1) is 0 Å². The lowest BCUT2D eigenvalue weighted by atomic mass is 10.2. The van der Waals surface area contributed by atoms with Gasteiger partial charge in [-0.25, -0.2) is 0 Å². The Labute approximate surface area is 116 Å². The van der Waals surface area contributed by atoms with E-state index in [2.05, 4.69) is 48.3 Å². The van der Waals surface area contributed by atoms with Crippen LogP contribution < -0.4 is 5.32 Å². The second-order valence-electron chi connectivity index (χ2n) is 5.16. The third kappa shape index (κ3) is 4.66. The molecule has 1 nitrogen and oxygen atoms in total. The van der Waals surface area contributed by atoms with Crippen molar-refractivity contribution in [3.05, 3.63) is 29.8 Å². The minimum atomic E-state index is 0.849. The molecular formula is C16H25NS. The van der Waals surface area contributed by atoms with Gasteiger partial charge in [-0.05, 0) is 37.1 Å². The lowest BCUT2D eigenvalue weighted by Crippen LogP contribution is -2.11. The SMILES string of the molecule is CCNCc1cccc(SC2CCCCCC2)c1. The molecule has 0 radical (unpaired) electrons. The average Bonchev–Trinajstić information content (AvgIpc) is 2.65. The third-order valence-electron chi connectivity index (χ3n) is 3.58. The van der Waals surface area contributed by atoms with Gasteiger partial charge in [-0.2, -0.15) is 0 Å².